The van der Waals surface area contributed by atoms with Crippen LogP contribution in [0.2, 0.25) is 5.02 Å². The first-order chi connectivity index (χ1) is 20.3. The highest BCUT2D eigenvalue weighted by Crippen LogP contribution is 2.25. The van der Waals surface area contributed by atoms with Crippen molar-refractivity contribution >= 4 is 56.2 Å². The van der Waals surface area contributed by atoms with Crippen molar-refractivity contribution in [2.24, 2.45) is 7.05 Å². The molecule has 0 fully saturated rings. The van der Waals surface area contributed by atoms with Crippen molar-refractivity contribution < 1.29 is 9.85 Å². The van der Waals surface area contributed by atoms with Gasteiger partial charge in [0.25, 0.3) is 11.4 Å². The lowest BCUT2D eigenvalue weighted by Crippen LogP contribution is -2.03. The summed E-state index contributed by atoms with van der Waals surface area (Å²) in [5.74, 6) is 0. The van der Waals surface area contributed by atoms with Gasteiger partial charge in [-0.05, 0) is 48.5 Å². The highest BCUT2D eigenvalue weighted by atomic mass is 35.5. The van der Waals surface area contributed by atoms with Gasteiger partial charge in [-0.3, -0.25) is 30.0 Å². The number of aryl methyl sites for hydroxylation is 1. The smallest absolute Gasteiger partial charge is 0.275 e. The van der Waals surface area contributed by atoms with E-state index in [-0.39, 0.29) is 16.3 Å². The molecule has 0 saturated carbocycles. The number of anilines is 2. The van der Waals surface area contributed by atoms with Crippen LogP contribution in [0.25, 0.3) is 21.8 Å². The van der Waals surface area contributed by atoms with Gasteiger partial charge < -0.3 is 10.6 Å². The van der Waals surface area contributed by atoms with Crippen LogP contribution in [0.3, 0.4) is 0 Å². The van der Waals surface area contributed by atoms with Crippen LogP contribution in [0.5, 0.6) is 0 Å². The topological polar surface area (TPSA) is 157 Å². The highest BCUT2D eigenvalue weighted by Gasteiger charge is 2.14. The molecule has 2 aromatic heterocycles. The lowest BCUT2D eigenvalue weighted by Gasteiger charge is -2.08. The third kappa shape index (κ3) is 6.45. The molecule has 12 nitrogen and oxygen atoms in total. The van der Waals surface area contributed by atoms with E-state index in [2.05, 4.69) is 25.9 Å². The van der Waals surface area contributed by atoms with Gasteiger partial charge in [0.05, 0.1) is 33.3 Å². The molecular weight excluding hydrogens is 560 g/mol. The molecule has 4 aromatic carbocycles. The van der Waals surface area contributed by atoms with Crippen LogP contribution in [0.4, 0.5) is 22.7 Å². The number of rotatable bonds is 8. The average molecular weight is 585 g/mol. The van der Waals surface area contributed by atoms with Crippen LogP contribution >= 0.6 is 11.6 Å². The SMILES string of the molecule is Cn1ncc2cc(NCc3ccc(Cl)cc3[N+](=O)[O-])ccc21.O=[N+]([O-])c1ccccc1CNc1ccc2[nH]ncc2c1. The number of nitrogens with one attached hydrogen (secondary N) is 3. The zero-order chi connectivity index (χ0) is 29.6. The molecule has 0 spiro atoms. The molecule has 0 amide bonds. The molecule has 0 radical (unpaired) electrons. The number of hydrogen-bond acceptors (Lipinski definition) is 8. The first-order valence-electron chi connectivity index (χ1n) is 12.8. The van der Waals surface area contributed by atoms with E-state index in [4.69, 9.17) is 11.6 Å². The number of aromatic nitrogens is 4. The quantitative estimate of drug-likeness (QED) is 0.130. The Balaban J connectivity index is 0.000000169. The van der Waals surface area contributed by atoms with Crippen LogP contribution < -0.4 is 10.6 Å². The summed E-state index contributed by atoms with van der Waals surface area (Å²) in [5.41, 5.74) is 5.16. The summed E-state index contributed by atoms with van der Waals surface area (Å²) < 4.78 is 1.79. The van der Waals surface area contributed by atoms with Crippen LogP contribution in [0.1, 0.15) is 11.1 Å². The van der Waals surface area contributed by atoms with E-state index in [0.29, 0.717) is 29.2 Å². The number of nitro groups is 2. The Kier molecular flexibility index (Phi) is 8.25. The molecule has 212 valence electrons. The Morgan fingerprint density at radius 1 is 0.810 bits per heavy atom. The monoisotopic (exact) mass is 584 g/mol. The number of benzene rings is 4. The van der Waals surface area contributed by atoms with E-state index >= 15 is 0 Å². The summed E-state index contributed by atoms with van der Waals surface area (Å²) >= 11 is 5.81. The summed E-state index contributed by atoms with van der Waals surface area (Å²) in [6.07, 6.45) is 3.52. The average Bonchev–Trinajstić information content (AvgIpc) is 3.61. The number of halogens is 1. The minimum Gasteiger partial charge on any atom is -0.381 e. The van der Waals surface area contributed by atoms with Crippen molar-refractivity contribution in [3.8, 4) is 0 Å². The molecule has 6 rings (SSSR count). The van der Waals surface area contributed by atoms with Gasteiger partial charge in [0.2, 0.25) is 0 Å². The van der Waals surface area contributed by atoms with E-state index in [0.717, 1.165) is 33.2 Å². The highest BCUT2D eigenvalue weighted by molar-refractivity contribution is 6.30. The first kappa shape index (κ1) is 28.1. The molecule has 0 aliphatic heterocycles. The van der Waals surface area contributed by atoms with Crippen LogP contribution in [0.15, 0.2) is 91.3 Å². The number of nitrogens with zero attached hydrogens (tertiary/aromatic N) is 5. The third-order valence-corrected chi connectivity index (χ3v) is 6.82. The number of aromatic amines is 1. The molecule has 2 heterocycles. The maximum Gasteiger partial charge on any atom is 0.275 e. The minimum absolute atomic E-state index is 0.0162. The van der Waals surface area contributed by atoms with Gasteiger partial charge in [-0.2, -0.15) is 10.2 Å². The lowest BCUT2D eigenvalue weighted by molar-refractivity contribution is -0.385. The largest absolute Gasteiger partial charge is 0.381 e. The Morgan fingerprint density at radius 2 is 1.48 bits per heavy atom. The Bertz CT molecular complexity index is 1900. The molecule has 0 saturated heterocycles. The maximum atomic E-state index is 11.1. The van der Waals surface area contributed by atoms with Crippen molar-refractivity contribution in [3.05, 3.63) is 128 Å². The molecule has 6 aromatic rings. The standard InChI is InChI=1S/C15H13ClN4O2.C14H12N4O2/c1-19-14-5-4-13(6-11(14)9-18-19)17-8-10-2-3-12(16)7-15(10)20(21)22;19-18(20)14-4-2-1-3-10(14)8-15-12-5-6-13-11(7-12)9-16-17-13/h2-7,9,17H,8H2,1H3;1-7,9,15H,8H2,(H,16,17). The van der Waals surface area contributed by atoms with Crippen molar-refractivity contribution in [1.82, 2.24) is 20.0 Å². The second-order valence-electron chi connectivity index (χ2n) is 9.34. The van der Waals surface area contributed by atoms with Crippen LogP contribution in [0, 0.1) is 20.2 Å². The van der Waals surface area contributed by atoms with Crippen molar-refractivity contribution in [3.63, 3.8) is 0 Å². The van der Waals surface area contributed by atoms with E-state index in [1.54, 1.807) is 47.4 Å². The normalized spacial score (nSPS) is 10.7. The summed E-state index contributed by atoms with van der Waals surface area (Å²) in [4.78, 5) is 21.2. The number of H-pyrrole nitrogens is 1. The number of hydrogen-bond donors (Lipinski definition) is 3. The van der Waals surface area contributed by atoms with Crippen molar-refractivity contribution in [1.29, 1.82) is 0 Å². The van der Waals surface area contributed by atoms with E-state index in [1.165, 1.54) is 12.1 Å². The second-order valence-corrected chi connectivity index (χ2v) is 9.77. The fraction of sp³-hybridized carbons (Fsp3) is 0.103. The van der Waals surface area contributed by atoms with Crippen molar-refractivity contribution in [2.75, 3.05) is 10.6 Å². The van der Waals surface area contributed by atoms with Crippen LogP contribution in [-0.2, 0) is 20.1 Å². The van der Waals surface area contributed by atoms with E-state index < -0.39 is 4.92 Å². The van der Waals surface area contributed by atoms with E-state index in [1.807, 2.05) is 43.4 Å². The Labute approximate surface area is 244 Å². The number of nitro benzene ring substituents is 2. The third-order valence-electron chi connectivity index (χ3n) is 6.58. The predicted molar refractivity (Wildman–Crippen MR) is 163 cm³/mol. The van der Waals surface area contributed by atoms with Crippen molar-refractivity contribution in [2.45, 2.75) is 13.1 Å². The Hall–Kier alpha value is -5.49. The maximum absolute atomic E-state index is 11.1. The van der Waals surface area contributed by atoms with Gasteiger partial charge in [0.15, 0.2) is 0 Å². The zero-order valence-corrected chi connectivity index (χ0v) is 23.1. The first-order valence-corrected chi connectivity index (χ1v) is 13.1. The molecule has 0 atom stereocenters. The number of fused-ring (bicyclic) bond motifs is 2. The predicted octanol–water partition coefficient (Wildman–Crippen LogP) is 6.83. The summed E-state index contributed by atoms with van der Waals surface area (Å²) in [6.45, 7) is 0.750. The molecule has 0 aliphatic carbocycles. The summed E-state index contributed by atoms with van der Waals surface area (Å²) in [6, 6.07) is 23.0. The molecule has 42 heavy (non-hydrogen) atoms. The molecule has 3 N–H and O–H groups in total. The van der Waals surface area contributed by atoms with Gasteiger partial charge in [0.1, 0.15) is 0 Å². The molecular formula is C29H25ClN8O4. The van der Waals surface area contributed by atoms with Gasteiger partial charge in [-0.1, -0.05) is 29.8 Å². The number of para-hydroxylation sites is 1. The van der Waals surface area contributed by atoms with Gasteiger partial charge in [0, 0.05) is 70.6 Å². The fourth-order valence-electron chi connectivity index (χ4n) is 4.42. The lowest BCUT2D eigenvalue weighted by atomic mass is 10.1. The Morgan fingerprint density at radius 3 is 2.21 bits per heavy atom. The summed E-state index contributed by atoms with van der Waals surface area (Å²) in [5, 5.41) is 41.8. The minimum atomic E-state index is -0.423. The molecule has 13 heteroatoms. The van der Waals surface area contributed by atoms with Gasteiger partial charge in [-0.15, -0.1) is 0 Å². The fourth-order valence-corrected chi connectivity index (χ4v) is 4.58. The zero-order valence-electron chi connectivity index (χ0n) is 22.3. The van der Waals surface area contributed by atoms with Gasteiger partial charge in [-0.25, -0.2) is 0 Å². The van der Waals surface area contributed by atoms with Crippen LogP contribution in [-0.4, -0.2) is 29.8 Å². The summed E-state index contributed by atoms with van der Waals surface area (Å²) in [7, 11) is 1.88. The second kappa shape index (κ2) is 12.4. The van der Waals surface area contributed by atoms with E-state index in [9.17, 15) is 20.2 Å². The molecule has 0 bridgehead atoms. The molecule has 0 unspecified atom stereocenters. The van der Waals surface area contributed by atoms with Gasteiger partial charge >= 0.3 is 0 Å². The molecule has 0 aliphatic rings.